The van der Waals surface area contributed by atoms with Crippen molar-refractivity contribution in [2.24, 2.45) is 40.3 Å². The largest absolute Gasteiger partial charge is 0.396 e. The minimum atomic E-state index is -0.257. The van der Waals surface area contributed by atoms with E-state index in [0.717, 1.165) is 56.1 Å². The molecule has 0 fully saturated rings. The lowest BCUT2D eigenvalue weighted by molar-refractivity contribution is 0.0884. The van der Waals surface area contributed by atoms with Crippen molar-refractivity contribution in [1.29, 1.82) is 0 Å². The van der Waals surface area contributed by atoms with E-state index in [1.54, 1.807) is 0 Å². The van der Waals surface area contributed by atoms with Crippen LogP contribution in [-0.2, 0) is 12.8 Å². The molecule has 0 aliphatic heterocycles. The van der Waals surface area contributed by atoms with Crippen LogP contribution in [0.4, 0.5) is 0 Å². The molecule has 0 amide bonds. The van der Waals surface area contributed by atoms with Crippen LogP contribution in [0.2, 0.25) is 0 Å². The summed E-state index contributed by atoms with van der Waals surface area (Å²) in [6, 6.07) is 15.5. The van der Waals surface area contributed by atoms with Crippen LogP contribution in [0, 0.1) is 28.6 Å². The minimum Gasteiger partial charge on any atom is -0.396 e. The number of rotatable bonds is 27. The predicted molar refractivity (Wildman–Crippen MR) is 184 cm³/mol. The Balaban J connectivity index is 2.10. The van der Waals surface area contributed by atoms with Gasteiger partial charge in [-0.25, -0.2) is 0 Å². The first-order chi connectivity index (χ1) is 22.4. The van der Waals surface area contributed by atoms with Crippen molar-refractivity contribution in [2.75, 3.05) is 39.5 Å². The molecule has 0 aromatic heterocycles. The SMILES string of the molecule is NCCCC(CCO)C(=O)c1ccc(CCC(CCc2ccc(C(=O)C(CCCN)CCN=O)cc2)C(CCO)CCCO)cc1. The highest BCUT2D eigenvalue weighted by Gasteiger charge is 2.23. The zero-order valence-corrected chi connectivity index (χ0v) is 27.5. The zero-order chi connectivity index (χ0) is 33.6. The number of hydrogen-bond donors (Lipinski definition) is 5. The van der Waals surface area contributed by atoms with Crippen molar-refractivity contribution in [3.63, 3.8) is 0 Å². The summed E-state index contributed by atoms with van der Waals surface area (Å²) < 4.78 is 0. The van der Waals surface area contributed by atoms with E-state index in [0.29, 0.717) is 68.7 Å². The van der Waals surface area contributed by atoms with Crippen LogP contribution >= 0.6 is 0 Å². The summed E-state index contributed by atoms with van der Waals surface area (Å²) in [5.41, 5.74) is 14.9. The standard InChI is InChI=1S/C37H57N3O6/c38-22-1-4-32(19-24-40-46)36(44)34-15-9-28(10-16-34)7-13-31(30(20-26-42)6-3-25-41)14-8-29-11-17-35(18-12-29)37(45)33(21-27-43)5-2-23-39/h9-12,15-18,30-33,41-43H,1-8,13-14,19-27,38-39H2. The molecule has 0 saturated carbocycles. The number of carbonyl (C=O) groups excluding carboxylic acids is 2. The molecule has 0 heterocycles. The van der Waals surface area contributed by atoms with Gasteiger partial charge in [-0.3, -0.25) is 9.59 Å². The summed E-state index contributed by atoms with van der Waals surface area (Å²) in [5.74, 6) is 0.196. The number of nitroso groups, excluding NO2 is 1. The summed E-state index contributed by atoms with van der Waals surface area (Å²) in [7, 11) is 0. The van der Waals surface area contributed by atoms with Crippen LogP contribution in [0.15, 0.2) is 53.7 Å². The molecule has 7 N–H and O–H groups in total. The number of ketones is 2. The number of benzene rings is 2. The van der Waals surface area contributed by atoms with Gasteiger partial charge < -0.3 is 26.8 Å². The van der Waals surface area contributed by atoms with Crippen molar-refractivity contribution < 1.29 is 24.9 Å². The Bertz CT molecular complexity index is 1120. The van der Waals surface area contributed by atoms with E-state index in [-0.39, 0.29) is 55.7 Å². The maximum Gasteiger partial charge on any atom is 0.166 e. The fourth-order valence-electron chi connectivity index (χ4n) is 6.50. The second-order valence-electron chi connectivity index (χ2n) is 12.5. The van der Waals surface area contributed by atoms with Gasteiger partial charge in [-0.1, -0.05) is 53.7 Å². The van der Waals surface area contributed by atoms with Gasteiger partial charge in [0, 0.05) is 42.8 Å². The topological polar surface area (TPSA) is 176 Å². The Morgan fingerprint density at radius 2 is 1.02 bits per heavy atom. The molecule has 2 aromatic carbocycles. The fourth-order valence-corrected chi connectivity index (χ4v) is 6.50. The molecule has 4 atom stereocenters. The van der Waals surface area contributed by atoms with Crippen LogP contribution < -0.4 is 11.5 Å². The number of nitrogens with two attached hydrogens (primary N) is 2. The van der Waals surface area contributed by atoms with Crippen molar-refractivity contribution in [3.8, 4) is 0 Å². The van der Waals surface area contributed by atoms with Crippen LogP contribution in [0.25, 0.3) is 0 Å². The maximum absolute atomic E-state index is 13.1. The average molecular weight is 640 g/mol. The number of aliphatic hydroxyl groups excluding tert-OH is 3. The van der Waals surface area contributed by atoms with Gasteiger partial charge in [-0.2, -0.15) is 4.91 Å². The average Bonchev–Trinajstić information content (AvgIpc) is 3.08. The summed E-state index contributed by atoms with van der Waals surface area (Å²) in [6.07, 6.45) is 9.37. The monoisotopic (exact) mass is 639 g/mol. The summed E-state index contributed by atoms with van der Waals surface area (Å²) in [5, 5.41) is 31.7. The van der Waals surface area contributed by atoms with E-state index in [2.05, 4.69) is 5.18 Å². The molecule has 0 aliphatic carbocycles. The first-order valence-corrected chi connectivity index (χ1v) is 17.2. The third-order valence-corrected chi connectivity index (χ3v) is 9.29. The Hall–Kier alpha value is -2.82. The van der Waals surface area contributed by atoms with Crippen molar-refractivity contribution in [3.05, 3.63) is 75.7 Å². The Morgan fingerprint density at radius 1 is 0.565 bits per heavy atom. The molecule has 0 spiro atoms. The number of aryl methyl sites for hydroxylation is 2. The lowest BCUT2D eigenvalue weighted by Crippen LogP contribution is -2.19. The van der Waals surface area contributed by atoms with Crippen LogP contribution in [0.5, 0.6) is 0 Å². The second kappa shape index (κ2) is 23.5. The van der Waals surface area contributed by atoms with E-state index in [1.807, 2.05) is 48.5 Å². The molecular formula is C37H57N3O6. The quantitative estimate of drug-likeness (QED) is 0.0650. The van der Waals surface area contributed by atoms with Crippen molar-refractivity contribution >= 4 is 11.6 Å². The Morgan fingerprint density at radius 3 is 1.43 bits per heavy atom. The van der Waals surface area contributed by atoms with Gasteiger partial charge >= 0.3 is 0 Å². The molecule has 256 valence electrons. The van der Waals surface area contributed by atoms with E-state index in [1.165, 1.54) is 0 Å². The lowest BCUT2D eigenvalue weighted by atomic mass is 9.79. The van der Waals surface area contributed by atoms with Crippen LogP contribution in [-0.4, -0.2) is 66.3 Å². The zero-order valence-electron chi connectivity index (χ0n) is 27.5. The van der Waals surface area contributed by atoms with E-state index in [9.17, 15) is 29.8 Å². The van der Waals surface area contributed by atoms with Crippen LogP contribution in [0.3, 0.4) is 0 Å². The second-order valence-corrected chi connectivity index (χ2v) is 12.5. The molecule has 4 unspecified atom stereocenters. The predicted octanol–water partition coefficient (Wildman–Crippen LogP) is 5.25. The number of Topliss-reactive ketones (excluding diaryl/α,β-unsaturated/α-hetero) is 2. The molecule has 46 heavy (non-hydrogen) atoms. The number of carbonyl (C=O) groups is 2. The normalized spacial score (nSPS) is 14.0. The van der Waals surface area contributed by atoms with Gasteiger partial charge in [-0.15, -0.1) is 0 Å². The highest BCUT2D eigenvalue weighted by Crippen LogP contribution is 2.31. The molecule has 2 rings (SSSR count). The molecule has 9 nitrogen and oxygen atoms in total. The smallest absolute Gasteiger partial charge is 0.166 e. The third kappa shape index (κ3) is 13.9. The van der Waals surface area contributed by atoms with Crippen molar-refractivity contribution in [1.82, 2.24) is 0 Å². The first-order valence-electron chi connectivity index (χ1n) is 17.2. The van der Waals surface area contributed by atoms with Gasteiger partial charge in [0.25, 0.3) is 0 Å². The molecule has 0 bridgehead atoms. The lowest BCUT2D eigenvalue weighted by Gasteiger charge is -2.27. The molecule has 0 radical (unpaired) electrons. The van der Waals surface area contributed by atoms with Crippen molar-refractivity contribution in [2.45, 2.75) is 83.5 Å². The maximum atomic E-state index is 13.1. The van der Waals surface area contributed by atoms with Crippen LogP contribution in [0.1, 0.15) is 102 Å². The van der Waals surface area contributed by atoms with Gasteiger partial charge in [0.05, 0.1) is 6.54 Å². The Labute approximate surface area is 275 Å². The number of hydrogen-bond acceptors (Lipinski definition) is 9. The van der Waals surface area contributed by atoms with Gasteiger partial charge in [0.1, 0.15) is 0 Å². The van der Waals surface area contributed by atoms with Gasteiger partial charge in [-0.05, 0) is 120 Å². The van der Waals surface area contributed by atoms with Gasteiger partial charge in [0.15, 0.2) is 11.6 Å². The van der Waals surface area contributed by atoms with E-state index in [4.69, 9.17) is 11.5 Å². The summed E-state index contributed by atoms with van der Waals surface area (Å²) in [4.78, 5) is 36.8. The summed E-state index contributed by atoms with van der Waals surface area (Å²) in [6.45, 7) is 1.34. The molecule has 9 heteroatoms. The number of aliphatic hydroxyl groups is 3. The molecular weight excluding hydrogens is 582 g/mol. The Kier molecular flexibility index (Phi) is 20.1. The van der Waals surface area contributed by atoms with E-state index >= 15 is 0 Å². The van der Waals surface area contributed by atoms with E-state index < -0.39 is 0 Å². The first kappa shape index (κ1) is 39.4. The molecule has 2 aromatic rings. The summed E-state index contributed by atoms with van der Waals surface area (Å²) >= 11 is 0. The minimum absolute atomic E-state index is 0.0237. The number of nitrogens with zero attached hydrogens (tertiary/aromatic N) is 1. The highest BCUT2D eigenvalue weighted by atomic mass is 16.3. The third-order valence-electron chi connectivity index (χ3n) is 9.29. The highest BCUT2D eigenvalue weighted by molar-refractivity contribution is 5.98. The molecule has 0 aliphatic rings. The molecule has 0 saturated heterocycles. The fraction of sp³-hybridized carbons (Fsp3) is 0.622. The van der Waals surface area contributed by atoms with Gasteiger partial charge in [0.2, 0.25) is 0 Å².